The molecule has 3 rings (SSSR count). The normalized spacial score (nSPS) is 11.1. The van der Waals surface area contributed by atoms with Crippen molar-refractivity contribution in [1.82, 2.24) is 9.97 Å². The number of hydrogen-bond acceptors (Lipinski definition) is 2. The maximum atomic E-state index is 14.0. The van der Waals surface area contributed by atoms with Crippen LogP contribution in [0.25, 0.3) is 22.3 Å². The fourth-order valence-electron chi connectivity index (χ4n) is 2.13. The Balaban J connectivity index is 2.44. The van der Waals surface area contributed by atoms with E-state index in [-0.39, 0.29) is 20.9 Å². The van der Waals surface area contributed by atoms with E-state index < -0.39 is 11.6 Å². The summed E-state index contributed by atoms with van der Waals surface area (Å²) < 4.78 is 27.6. The molecule has 0 bridgehead atoms. The van der Waals surface area contributed by atoms with Crippen molar-refractivity contribution in [3.8, 4) is 11.4 Å². The summed E-state index contributed by atoms with van der Waals surface area (Å²) >= 11 is 12.1. The monoisotopic (exact) mass is 324 g/mol. The van der Waals surface area contributed by atoms with E-state index >= 15 is 0 Å². The van der Waals surface area contributed by atoms with Crippen LogP contribution in [0.3, 0.4) is 0 Å². The van der Waals surface area contributed by atoms with Gasteiger partial charge in [-0.05, 0) is 24.6 Å². The standard InChI is InChI=1S/C15H8Cl2F2N2/c1-7-12(16)11-13(17)8(18)6-9(19)15(11)21-14(7)10-4-2-3-5-20-10/h2-6H,1H3. The molecule has 2 aromatic heterocycles. The second-order valence-corrected chi connectivity index (χ2v) is 5.25. The molecule has 6 heteroatoms. The quantitative estimate of drug-likeness (QED) is 0.575. The van der Waals surface area contributed by atoms with Crippen molar-refractivity contribution >= 4 is 34.1 Å². The highest BCUT2D eigenvalue weighted by molar-refractivity contribution is 6.42. The highest BCUT2D eigenvalue weighted by Gasteiger charge is 2.20. The Kier molecular flexibility index (Phi) is 3.51. The number of fused-ring (bicyclic) bond motifs is 1. The zero-order chi connectivity index (χ0) is 15.1. The molecule has 0 saturated carbocycles. The molecule has 0 atom stereocenters. The fourth-order valence-corrected chi connectivity index (χ4v) is 2.70. The van der Waals surface area contributed by atoms with E-state index in [2.05, 4.69) is 9.97 Å². The molecule has 0 aliphatic rings. The third kappa shape index (κ3) is 2.24. The maximum Gasteiger partial charge on any atom is 0.152 e. The van der Waals surface area contributed by atoms with Crippen LogP contribution in [0.15, 0.2) is 30.5 Å². The average Bonchev–Trinajstić information content (AvgIpc) is 2.48. The summed E-state index contributed by atoms with van der Waals surface area (Å²) in [5, 5.41) is 0.0108. The van der Waals surface area contributed by atoms with Crippen molar-refractivity contribution in [2.75, 3.05) is 0 Å². The Hall–Kier alpha value is -1.78. The molecule has 0 saturated heterocycles. The van der Waals surface area contributed by atoms with Crippen LogP contribution in [-0.2, 0) is 0 Å². The van der Waals surface area contributed by atoms with Crippen molar-refractivity contribution in [2.45, 2.75) is 6.92 Å². The van der Waals surface area contributed by atoms with Crippen LogP contribution >= 0.6 is 23.2 Å². The minimum absolute atomic E-state index is 0.0716. The van der Waals surface area contributed by atoms with E-state index in [9.17, 15) is 8.78 Å². The van der Waals surface area contributed by atoms with Crippen molar-refractivity contribution in [1.29, 1.82) is 0 Å². The largest absolute Gasteiger partial charge is 0.255 e. The minimum atomic E-state index is -0.865. The molecule has 0 aliphatic heterocycles. The van der Waals surface area contributed by atoms with Gasteiger partial charge in [-0.1, -0.05) is 29.3 Å². The molecule has 3 aromatic rings. The molecule has 106 valence electrons. The lowest BCUT2D eigenvalue weighted by Crippen LogP contribution is -1.97. The smallest absolute Gasteiger partial charge is 0.152 e. The summed E-state index contributed by atoms with van der Waals surface area (Å²) in [6.45, 7) is 1.71. The van der Waals surface area contributed by atoms with Crippen molar-refractivity contribution in [3.63, 3.8) is 0 Å². The maximum absolute atomic E-state index is 14.0. The Morgan fingerprint density at radius 3 is 2.48 bits per heavy atom. The van der Waals surface area contributed by atoms with Gasteiger partial charge in [0.15, 0.2) is 5.82 Å². The molecule has 0 spiro atoms. The topological polar surface area (TPSA) is 25.8 Å². The van der Waals surface area contributed by atoms with Gasteiger partial charge in [0.1, 0.15) is 11.3 Å². The number of pyridine rings is 2. The number of benzene rings is 1. The third-order valence-electron chi connectivity index (χ3n) is 3.18. The van der Waals surface area contributed by atoms with E-state index in [1.807, 2.05) is 0 Å². The van der Waals surface area contributed by atoms with Gasteiger partial charge in [-0.15, -0.1) is 0 Å². The van der Waals surface area contributed by atoms with Crippen molar-refractivity contribution in [2.24, 2.45) is 0 Å². The molecule has 0 radical (unpaired) electrons. The highest BCUT2D eigenvalue weighted by Crippen LogP contribution is 2.38. The van der Waals surface area contributed by atoms with E-state index in [0.29, 0.717) is 23.0 Å². The van der Waals surface area contributed by atoms with Gasteiger partial charge >= 0.3 is 0 Å². The van der Waals surface area contributed by atoms with E-state index in [4.69, 9.17) is 23.2 Å². The van der Waals surface area contributed by atoms with Crippen LogP contribution < -0.4 is 0 Å². The summed E-state index contributed by atoms with van der Waals surface area (Å²) in [6, 6.07) is 5.98. The Morgan fingerprint density at radius 2 is 1.81 bits per heavy atom. The Bertz CT molecular complexity index is 852. The van der Waals surface area contributed by atoms with E-state index in [1.165, 1.54) is 0 Å². The number of nitrogens with zero attached hydrogens (tertiary/aromatic N) is 2. The summed E-state index contributed by atoms with van der Waals surface area (Å²) in [4.78, 5) is 8.41. The second kappa shape index (κ2) is 5.20. The summed E-state index contributed by atoms with van der Waals surface area (Å²) in [7, 11) is 0. The van der Waals surface area contributed by atoms with E-state index in [0.717, 1.165) is 0 Å². The van der Waals surface area contributed by atoms with Crippen molar-refractivity contribution in [3.05, 3.63) is 57.7 Å². The summed E-state index contributed by atoms with van der Waals surface area (Å²) in [6.07, 6.45) is 1.60. The lowest BCUT2D eigenvalue weighted by molar-refractivity contribution is 0.590. The first-order chi connectivity index (χ1) is 10.0. The predicted octanol–water partition coefficient (Wildman–Crippen LogP) is 5.19. The fraction of sp³-hybridized carbons (Fsp3) is 0.0667. The van der Waals surface area contributed by atoms with Gasteiger partial charge in [0.2, 0.25) is 0 Å². The van der Waals surface area contributed by atoms with Crippen LogP contribution in [-0.4, -0.2) is 9.97 Å². The number of halogens is 4. The molecule has 0 amide bonds. The van der Waals surface area contributed by atoms with Gasteiger partial charge in [-0.25, -0.2) is 13.8 Å². The molecule has 0 fully saturated rings. The van der Waals surface area contributed by atoms with E-state index in [1.54, 1.807) is 31.3 Å². The number of rotatable bonds is 1. The van der Waals surface area contributed by atoms with Gasteiger partial charge in [-0.2, -0.15) is 0 Å². The zero-order valence-corrected chi connectivity index (χ0v) is 12.3. The Morgan fingerprint density at radius 1 is 1.05 bits per heavy atom. The molecule has 0 N–H and O–H groups in total. The average molecular weight is 325 g/mol. The molecule has 21 heavy (non-hydrogen) atoms. The van der Waals surface area contributed by atoms with Crippen LogP contribution in [0.5, 0.6) is 0 Å². The van der Waals surface area contributed by atoms with Crippen LogP contribution in [0.4, 0.5) is 8.78 Å². The van der Waals surface area contributed by atoms with Gasteiger partial charge < -0.3 is 0 Å². The van der Waals surface area contributed by atoms with Gasteiger partial charge in [0.05, 0.1) is 21.4 Å². The van der Waals surface area contributed by atoms with Crippen LogP contribution in [0.1, 0.15) is 5.56 Å². The SMILES string of the molecule is Cc1c(-c2ccccn2)nc2c(F)cc(F)c(Cl)c2c1Cl. The molecule has 2 nitrogen and oxygen atoms in total. The third-order valence-corrected chi connectivity index (χ3v) is 4.02. The second-order valence-electron chi connectivity index (χ2n) is 4.49. The van der Waals surface area contributed by atoms with Gasteiger partial charge in [0.25, 0.3) is 0 Å². The first-order valence-electron chi connectivity index (χ1n) is 6.05. The number of aromatic nitrogens is 2. The Labute approximate surface area is 129 Å². The van der Waals surface area contributed by atoms with Gasteiger partial charge in [0, 0.05) is 17.6 Å². The first kappa shape index (κ1) is 14.2. The zero-order valence-electron chi connectivity index (χ0n) is 10.8. The highest BCUT2D eigenvalue weighted by atomic mass is 35.5. The van der Waals surface area contributed by atoms with Gasteiger partial charge in [-0.3, -0.25) is 4.98 Å². The van der Waals surface area contributed by atoms with Crippen LogP contribution in [0, 0.1) is 18.6 Å². The summed E-state index contributed by atoms with van der Waals surface area (Å²) in [5.41, 5.74) is 1.49. The number of hydrogen-bond donors (Lipinski definition) is 0. The molecular weight excluding hydrogens is 317 g/mol. The molecular formula is C15H8Cl2F2N2. The minimum Gasteiger partial charge on any atom is -0.255 e. The molecule has 0 unspecified atom stereocenters. The molecule has 1 aromatic carbocycles. The lowest BCUT2D eigenvalue weighted by atomic mass is 10.1. The molecule has 2 heterocycles. The first-order valence-corrected chi connectivity index (χ1v) is 6.81. The van der Waals surface area contributed by atoms with Crippen LogP contribution in [0.2, 0.25) is 10.0 Å². The lowest BCUT2D eigenvalue weighted by Gasteiger charge is -2.12. The van der Waals surface area contributed by atoms with Crippen molar-refractivity contribution < 1.29 is 8.78 Å². The predicted molar refractivity (Wildman–Crippen MR) is 79.6 cm³/mol. The summed E-state index contributed by atoms with van der Waals surface area (Å²) in [5.74, 6) is -1.68. The molecule has 0 aliphatic carbocycles.